The highest BCUT2D eigenvalue weighted by molar-refractivity contribution is 6.33. The average Bonchev–Trinajstić information content (AvgIpc) is 3.07. The van der Waals surface area contributed by atoms with Crippen molar-refractivity contribution in [2.75, 3.05) is 7.05 Å². The Morgan fingerprint density at radius 3 is 2.81 bits per heavy atom. The van der Waals surface area contributed by atoms with Crippen molar-refractivity contribution in [1.29, 1.82) is 0 Å². The number of hydrogen-bond donors (Lipinski definition) is 2. The molecular formula is C21H20ClFN6O2. The van der Waals surface area contributed by atoms with Crippen molar-refractivity contribution < 1.29 is 14.0 Å². The van der Waals surface area contributed by atoms with E-state index in [0.717, 1.165) is 11.1 Å². The van der Waals surface area contributed by atoms with Gasteiger partial charge in [0.1, 0.15) is 5.82 Å². The maximum atomic E-state index is 14.0. The lowest BCUT2D eigenvalue weighted by Crippen LogP contribution is -2.63. The Bertz CT molecular complexity index is 1080. The zero-order chi connectivity index (χ0) is 22.1. The van der Waals surface area contributed by atoms with Crippen LogP contribution in [0.4, 0.5) is 9.18 Å². The smallest absolute Gasteiger partial charge is 0.321 e. The molecule has 160 valence electrons. The van der Waals surface area contributed by atoms with E-state index in [1.807, 2.05) is 31.2 Å². The molecule has 1 fully saturated rings. The molecule has 2 aliphatic heterocycles. The van der Waals surface area contributed by atoms with E-state index in [2.05, 4.69) is 20.8 Å². The molecule has 10 heteroatoms. The fraction of sp³-hybridized carbons (Fsp3) is 0.238. The summed E-state index contributed by atoms with van der Waals surface area (Å²) in [6.45, 7) is 2.34. The summed E-state index contributed by atoms with van der Waals surface area (Å²) in [5, 5.41) is 6.64. The maximum absolute atomic E-state index is 14.0. The number of nitrogens with one attached hydrogen (secondary N) is 2. The van der Waals surface area contributed by atoms with Gasteiger partial charge in [-0.25, -0.2) is 19.6 Å². The van der Waals surface area contributed by atoms with Crippen LogP contribution >= 0.6 is 11.6 Å². The number of guanidine groups is 1. The first-order valence-corrected chi connectivity index (χ1v) is 9.93. The molecule has 0 aliphatic carbocycles. The van der Waals surface area contributed by atoms with Gasteiger partial charge in [-0.1, -0.05) is 47.5 Å². The predicted octanol–water partition coefficient (Wildman–Crippen LogP) is 2.46. The first-order chi connectivity index (χ1) is 14.8. The molecule has 0 bridgehead atoms. The number of likely N-dealkylation sites (N-methyl/N-ethyl adjacent to an activating group) is 1. The van der Waals surface area contributed by atoms with Gasteiger partial charge in [0, 0.05) is 19.2 Å². The van der Waals surface area contributed by atoms with E-state index in [0.29, 0.717) is 6.54 Å². The van der Waals surface area contributed by atoms with Crippen molar-refractivity contribution in [2.24, 2.45) is 10.1 Å². The molecule has 1 saturated heterocycles. The van der Waals surface area contributed by atoms with Crippen molar-refractivity contribution >= 4 is 35.7 Å². The Morgan fingerprint density at radius 1 is 1.29 bits per heavy atom. The number of benzene rings is 2. The monoisotopic (exact) mass is 442 g/mol. The lowest BCUT2D eigenvalue weighted by Gasteiger charge is -2.36. The number of nitrogens with zero attached hydrogens (tertiary/aromatic N) is 4. The van der Waals surface area contributed by atoms with Gasteiger partial charge in [0.15, 0.2) is 12.2 Å². The molecule has 2 atom stereocenters. The number of aliphatic imine (C=N–C) groups is 1. The summed E-state index contributed by atoms with van der Waals surface area (Å²) in [7, 11) is 1.57. The molecule has 2 aromatic rings. The second kappa shape index (κ2) is 8.35. The molecule has 3 amide bonds. The number of amides is 3. The van der Waals surface area contributed by atoms with Crippen LogP contribution in [0.5, 0.6) is 0 Å². The molecule has 8 nitrogen and oxygen atoms in total. The second-order valence-corrected chi connectivity index (χ2v) is 7.75. The molecule has 2 aliphatic rings. The van der Waals surface area contributed by atoms with E-state index in [-0.39, 0.29) is 16.5 Å². The quantitative estimate of drug-likeness (QED) is 0.562. The van der Waals surface area contributed by atoms with Gasteiger partial charge in [0.2, 0.25) is 5.96 Å². The summed E-state index contributed by atoms with van der Waals surface area (Å²) in [6.07, 6.45) is 0.544. The number of aryl methyl sites for hydroxylation is 1. The highest BCUT2D eigenvalue weighted by Gasteiger charge is 2.48. The first-order valence-electron chi connectivity index (χ1n) is 9.56. The van der Waals surface area contributed by atoms with E-state index < -0.39 is 30.0 Å². The largest absolute Gasteiger partial charge is 0.325 e. The summed E-state index contributed by atoms with van der Waals surface area (Å²) >= 11 is 6.03. The van der Waals surface area contributed by atoms with E-state index in [1.165, 1.54) is 23.2 Å². The normalized spacial score (nSPS) is 20.7. The molecule has 31 heavy (non-hydrogen) atoms. The van der Waals surface area contributed by atoms with Gasteiger partial charge < -0.3 is 9.80 Å². The summed E-state index contributed by atoms with van der Waals surface area (Å²) < 4.78 is 14.0. The molecule has 0 saturated carbocycles. The Kier molecular flexibility index (Phi) is 5.60. The topological polar surface area (TPSA) is 89.4 Å². The Hall–Kier alpha value is -3.46. The van der Waals surface area contributed by atoms with Gasteiger partial charge >= 0.3 is 6.03 Å². The molecular weight excluding hydrogens is 423 g/mol. The van der Waals surface area contributed by atoms with Gasteiger partial charge in [-0.2, -0.15) is 5.10 Å². The van der Waals surface area contributed by atoms with Gasteiger partial charge in [-0.05, 0) is 24.6 Å². The third-order valence-electron chi connectivity index (χ3n) is 5.15. The van der Waals surface area contributed by atoms with Crippen LogP contribution in [0.1, 0.15) is 16.7 Å². The Labute approximate surface area is 183 Å². The highest BCUT2D eigenvalue weighted by atomic mass is 35.5. The minimum absolute atomic E-state index is 0.128. The molecule has 2 N–H and O–H groups in total. The van der Waals surface area contributed by atoms with Crippen molar-refractivity contribution in [3.8, 4) is 0 Å². The van der Waals surface area contributed by atoms with Crippen molar-refractivity contribution in [3.05, 3.63) is 70.0 Å². The minimum Gasteiger partial charge on any atom is -0.321 e. The van der Waals surface area contributed by atoms with Crippen LogP contribution in [-0.2, 0) is 11.3 Å². The number of urea groups is 1. The van der Waals surface area contributed by atoms with Crippen molar-refractivity contribution in [3.63, 3.8) is 0 Å². The fourth-order valence-electron chi connectivity index (χ4n) is 3.59. The number of hydrogen-bond acceptors (Lipinski definition) is 6. The maximum Gasteiger partial charge on any atom is 0.325 e. The van der Waals surface area contributed by atoms with Gasteiger partial charge in [-0.15, -0.1) is 0 Å². The SMILES string of the molecule is Cc1cccc(CN2C(N/N=C/c3c(F)cccc3Cl)=NC3C2C(=O)NC(=O)N3C)c1. The molecule has 4 rings (SSSR count). The fourth-order valence-corrected chi connectivity index (χ4v) is 3.80. The lowest BCUT2D eigenvalue weighted by atomic mass is 10.1. The summed E-state index contributed by atoms with van der Waals surface area (Å²) in [4.78, 5) is 32.3. The van der Waals surface area contributed by atoms with Gasteiger partial charge in [0.25, 0.3) is 5.91 Å². The highest BCUT2D eigenvalue weighted by Crippen LogP contribution is 2.25. The number of halogens is 2. The third kappa shape index (κ3) is 4.09. The van der Waals surface area contributed by atoms with Gasteiger partial charge in [0.05, 0.1) is 11.2 Å². The average molecular weight is 443 g/mol. The number of carbonyl (C=O) groups is 2. The van der Waals surface area contributed by atoms with Crippen LogP contribution in [0.3, 0.4) is 0 Å². The minimum atomic E-state index is -0.724. The number of fused-ring (bicyclic) bond motifs is 1. The van der Waals surface area contributed by atoms with E-state index in [1.54, 1.807) is 18.0 Å². The predicted molar refractivity (Wildman–Crippen MR) is 115 cm³/mol. The summed E-state index contributed by atoms with van der Waals surface area (Å²) in [6, 6.07) is 10.9. The molecule has 0 aromatic heterocycles. The van der Waals surface area contributed by atoms with Crippen LogP contribution in [0.25, 0.3) is 0 Å². The number of carbonyl (C=O) groups excluding carboxylic acids is 2. The summed E-state index contributed by atoms with van der Waals surface area (Å²) in [5.41, 5.74) is 4.95. The number of rotatable bonds is 4. The number of hydrazone groups is 1. The third-order valence-corrected chi connectivity index (χ3v) is 5.48. The number of imide groups is 1. The summed E-state index contributed by atoms with van der Waals surface area (Å²) in [5.74, 6) is -0.666. The zero-order valence-electron chi connectivity index (χ0n) is 16.8. The molecule has 0 radical (unpaired) electrons. The Balaban J connectivity index is 1.63. The van der Waals surface area contributed by atoms with Crippen molar-refractivity contribution in [1.82, 2.24) is 20.5 Å². The molecule has 2 heterocycles. The van der Waals surface area contributed by atoms with Crippen LogP contribution in [-0.4, -0.2) is 53.2 Å². The Morgan fingerprint density at radius 2 is 2.06 bits per heavy atom. The van der Waals surface area contributed by atoms with E-state index in [9.17, 15) is 14.0 Å². The van der Waals surface area contributed by atoms with Crippen LogP contribution in [0.15, 0.2) is 52.6 Å². The van der Waals surface area contributed by atoms with Crippen LogP contribution < -0.4 is 10.7 Å². The van der Waals surface area contributed by atoms with Crippen LogP contribution in [0, 0.1) is 12.7 Å². The zero-order valence-corrected chi connectivity index (χ0v) is 17.6. The molecule has 2 aromatic carbocycles. The molecule has 0 spiro atoms. The van der Waals surface area contributed by atoms with E-state index >= 15 is 0 Å². The van der Waals surface area contributed by atoms with Gasteiger partial charge in [-0.3, -0.25) is 10.1 Å². The molecule has 2 unspecified atom stereocenters. The van der Waals surface area contributed by atoms with Crippen molar-refractivity contribution in [2.45, 2.75) is 25.7 Å². The standard InChI is InChI=1S/C21H20ClFN6O2/c1-12-5-3-6-13(9-12)11-29-17-18(28(2)21(31)26-19(17)30)25-20(29)27-24-10-14-15(22)7-4-8-16(14)23/h3-10,17-18H,11H2,1-2H3,(H,25,27)(H,26,30,31)/b24-10+. The lowest BCUT2D eigenvalue weighted by molar-refractivity contribution is -0.127. The van der Waals surface area contributed by atoms with E-state index in [4.69, 9.17) is 11.6 Å². The first kappa shape index (κ1) is 20.8. The second-order valence-electron chi connectivity index (χ2n) is 7.34. The van der Waals surface area contributed by atoms with Crippen LogP contribution in [0.2, 0.25) is 5.02 Å².